The summed E-state index contributed by atoms with van der Waals surface area (Å²) in [4.78, 5) is 0. The molecule has 1 N–H and O–H groups in total. The van der Waals surface area contributed by atoms with Crippen LogP contribution in [0.4, 0.5) is 0 Å². The summed E-state index contributed by atoms with van der Waals surface area (Å²) in [5, 5.41) is 16.0. The molecule has 0 saturated heterocycles. The number of hydrogen-bond acceptors (Lipinski definition) is 2. The van der Waals surface area contributed by atoms with E-state index in [-0.39, 0.29) is 0 Å². The van der Waals surface area contributed by atoms with E-state index in [0.29, 0.717) is 6.42 Å². The summed E-state index contributed by atoms with van der Waals surface area (Å²) in [6.07, 6.45) is -0.0235. The van der Waals surface area contributed by atoms with Crippen molar-refractivity contribution >= 4 is 26.8 Å². The standard InChI is InChI=1S/C16H15BrN2O/c1-19-15-5-3-2-4-13(15)14(18-19)10-16(20)11-6-8-12(17)9-7-11/h2-9,16,20H,10H2,1H3. The number of aliphatic hydroxyl groups is 1. The maximum absolute atomic E-state index is 10.4. The number of nitrogens with zero attached hydrogens (tertiary/aromatic N) is 2. The topological polar surface area (TPSA) is 38.0 Å². The van der Waals surface area contributed by atoms with Crippen LogP contribution in [0, 0.1) is 0 Å². The number of aliphatic hydroxyl groups excluding tert-OH is 1. The highest BCUT2D eigenvalue weighted by Gasteiger charge is 2.14. The predicted octanol–water partition coefficient (Wildman–Crippen LogP) is 3.61. The number of aromatic nitrogens is 2. The van der Waals surface area contributed by atoms with Crippen LogP contribution in [0.15, 0.2) is 53.0 Å². The molecule has 1 aromatic heterocycles. The Morgan fingerprint density at radius 3 is 2.60 bits per heavy atom. The second kappa shape index (κ2) is 5.38. The Kier molecular flexibility index (Phi) is 3.59. The molecule has 0 amide bonds. The first-order chi connectivity index (χ1) is 9.65. The zero-order valence-electron chi connectivity index (χ0n) is 11.1. The molecule has 0 aliphatic rings. The van der Waals surface area contributed by atoms with E-state index in [1.807, 2.05) is 60.3 Å². The highest BCUT2D eigenvalue weighted by atomic mass is 79.9. The maximum atomic E-state index is 10.4. The first-order valence-electron chi connectivity index (χ1n) is 6.49. The molecular weight excluding hydrogens is 316 g/mol. The zero-order chi connectivity index (χ0) is 14.1. The van der Waals surface area contributed by atoms with Gasteiger partial charge in [-0.25, -0.2) is 0 Å². The summed E-state index contributed by atoms with van der Waals surface area (Å²) in [5.74, 6) is 0. The molecule has 0 aliphatic carbocycles. The quantitative estimate of drug-likeness (QED) is 0.796. The Morgan fingerprint density at radius 1 is 1.15 bits per heavy atom. The van der Waals surface area contributed by atoms with E-state index in [0.717, 1.165) is 26.6 Å². The summed E-state index contributed by atoms with van der Waals surface area (Å²) >= 11 is 3.40. The Balaban J connectivity index is 1.91. The van der Waals surface area contributed by atoms with Crippen LogP contribution in [0.3, 0.4) is 0 Å². The van der Waals surface area contributed by atoms with Crippen LogP contribution in [0.5, 0.6) is 0 Å². The average molecular weight is 331 g/mol. The summed E-state index contributed by atoms with van der Waals surface area (Å²) in [6.45, 7) is 0. The van der Waals surface area contributed by atoms with Gasteiger partial charge >= 0.3 is 0 Å². The Bertz CT molecular complexity index is 734. The second-order valence-corrected chi connectivity index (χ2v) is 5.77. The molecule has 3 rings (SSSR count). The number of hydrogen-bond donors (Lipinski definition) is 1. The summed E-state index contributed by atoms with van der Waals surface area (Å²) in [5.41, 5.74) is 2.92. The van der Waals surface area contributed by atoms with Crippen LogP contribution in [-0.4, -0.2) is 14.9 Å². The van der Waals surface area contributed by atoms with Gasteiger partial charge in [0.25, 0.3) is 0 Å². The van der Waals surface area contributed by atoms with E-state index in [2.05, 4.69) is 21.0 Å². The first-order valence-corrected chi connectivity index (χ1v) is 7.28. The summed E-state index contributed by atoms with van der Waals surface area (Å²) in [6, 6.07) is 15.8. The maximum Gasteiger partial charge on any atom is 0.0846 e. The molecule has 1 atom stereocenters. The molecule has 3 aromatic rings. The molecule has 0 saturated carbocycles. The lowest BCUT2D eigenvalue weighted by Crippen LogP contribution is -2.03. The van der Waals surface area contributed by atoms with E-state index in [1.54, 1.807) is 0 Å². The molecular formula is C16H15BrN2O. The van der Waals surface area contributed by atoms with Gasteiger partial charge < -0.3 is 5.11 Å². The molecule has 20 heavy (non-hydrogen) atoms. The molecule has 0 aliphatic heterocycles. The molecule has 0 bridgehead atoms. The van der Waals surface area contributed by atoms with Gasteiger partial charge in [0.2, 0.25) is 0 Å². The fraction of sp³-hybridized carbons (Fsp3) is 0.188. The van der Waals surface area contributed by atoms with Gasteiger partial charge in [0.1, 0.15) is 0 Å². The van der Waals surface area contributed by atoms with Crippen molar-refractivity contribution in [2.75, 3.05) is 0 Å². The van der Waals surface area contributed by atoms with Gasteiger partial charge in [0.15, 0.2) is 0 Å². The number of halogens is 1. The molecule has 102 valence electrons. The van der Waals surface area contributed by atoms with Gasteiger partial charge in [-0.15, -0.1) is 0 Å². The molecule has 0 radical (unpaired) electrons. The number of para-hydroxylation sites is 1. The Hall–Kier alpha value is -1.65. The van der Waals surface area contributed by atoms with Gasteiger partial charge in [-0.05, 0) is 23.8 Å². The fourth-order valence-corrected chi connectivity index (χ4v) is 2.69. The van der Waals surface area contributed by atoms with Crippen molar-refractivity contribution in [2.45, 2.75) is 12.5 Å². The van der Waals surface area contributed by atoms with Gasteiger partial charge in [-0.3, -0.25) is 4.68 Å². The van der Waals surface area contributed by atoms with Crippen molar-refractivity contribution in [1.82, 2.24) is 9.78 Å². The third-order valence-electron chi connectivity index (χ3n) is 3.48. The molecule has 0 spiro atoms. The molecule has 2 aromatic carbocycles. The second-order valence-electron chi connectivity index (χ2n) is 4.86. The molecule has 4 heteroatoms. The van der Waals surface area contributed by atoms with Crippen molar-refractivity contribution in [3.05, 3.63) is 64.3 Å². The van der Waals surface area contributed by atoms with Crippen molar-refractivity contribution in [3.8, 4) is 0 Å². The highest BCUT2D eigenvalue weighted by molar-refractivity contribution is 9.10. The fourth-order valence-electron chi connectivity index (χ4n) is 2.43. The first kappa shape index (κ1) is 13.3. The zero-order valence-corrected chi connectivity index (χ0v) is 12.7. The van der Waals surface area contributed by atoms with E-state index in [9.17, 15) is 5.11 Å². The number of benzene rings is 2. The smallest absolute Gasteiger partial charge is 0.0846 e. The minimum Gasteiger partial charge on any atom is -0.388 e. The van der Waals surface area contributed by atoms with Crippen molar-refractivity contribution in [3.63, 3.8) is 0 Å². The van der Waals surface area contributed by atoms with E-state index < -0.39 is 6.10 Å². The van der Waals surface area contributed by atoms with Crippen molar-refractivity contribution in [2.24, 2.45) is 7.05 Å². The largest absolute Gasteiger partial charge is 0.388 e. The van der Waals surface area contributed by atoms with E-state index in [1.165, 1.54) is 0 Å². The molecule has 1 unspecified atom stereocenters. The van der Waals surface area contributed by atoms with Crippen LogP contribution in [-0.2, 0) is 13.5 Å². The average Bonchev–Trinajstić information content (AvgIpc) is 2.77. The lowest BCUT2D eigenvalue weighted by atomic mass is 10.0. The normalized spacial score (nSPS) is 12.8. The van der Waals surface area contributed by atoms with Crippen LogP contribution in [0.1, 0.15) is 17.4 Å². The lowest BCUT2D eigenvalue weighted by molar-refractivity contribution is 0.177. The summed E-state index contributed by atoms with van der Waals surface area (Å²) < 4.78 is 2.87. The molecule has 3 nitrogen and oxygen atoms in total. The number of rotatable bonds is 3. The number of aryl methyl sites for hydroxylation is 1. The third-order valence-corrected chi connectivity index (χ3v) is 4.00. The minimum atomic E-state index is -0.540. The predicted molar refractivity (Wildman–Crippen MR) is 83.5 cm³/mol. The van der Waals surface area contributed by atoms with Crippen LogP contribution in [0.2, 0.25) is 0 Å². The monoisotopic (exact) mass is 330 g/mol. The van der Waals surface area contributed by atoms with Crippen molar-refractivity contribution in [1.29, 1.82) is 0 Å². The molecule has 1 heterocycles. The van der Waals surface area contributed by atoms with Crippen LogP contribution < -0.4 is 0 Å². The Labute approximate surface area is 126 Å². The van der Waals surface area contributed by atoms with Gasteiger partial charge in [-0.1, -0.05) is 46.3 Å². The number of fused-ring (bicyclic) bond motifs is 1. The highest BCUT2D eigenvalue weighted by Crippen LogP contribution is 2.24. The molecule has 0 fully saturated rings. The van der Waals surface area contributed by atoms with Gasteiger partial charge in [0, 0.05) is 23.3 Å². The van der Waals surface area contributed by atoms with Crippen LogP contribution in [0.25, 0.3) is 10.9 Å². The van der Waals surface area contributed by atoms with E-state index >= 15 is 0 Å². The SMILES string of the molecule is Cn1nc(CC(O)c2ccc(Br)cc2)c2ccccc21. The third kappa shape index (κ3) is 2.49. The van der Waals surface area contributed by atoms with Crippen molar-refractivity contribution < 1.29 is 5.11 Å². The van der Waals surface area contributed by atoms with Crippen LogP contribution >= 0.6 is 15.9 Å². The van der Waals surface area contributed by atoms with Gasteiger partial charge in [0.05, 0.1) is 17.3 Å². The lowest BCUT2D eigenvalue weighted by Gasteiger charge is -2.09. The minimum absolute atomic E-state index is 0.517. The summed E-state index contributed by atoms with van der Waals surface area (Å²) in [7, 11) is 1.93. The van der Waals surface area contributed by atoms with E-state index in [4.69, 9.17) is 0 Å². The van der Waals surface area contributed by atoms with Gasteiger partial charge in [-0.2, -0.15) is 5.10 Å². The Morgan fingerprint density at radius 2 is 1.85 bits per heavy atom.